The van der Waals surface area contributed by atoms with Gasteiger partial charge in [-0.15, -0.1) is 0 Å². The standard InChI is InChI=1S/C29H42F2O2/c1-4-6-27-25-8-7-21-17-24(32)9-11-28(21,3)26(25)10-12-29(27,5-2)13-14-33-19-20-15-22(30)18-23(31)16-20/h15-16,18,21,25-27H,4-14,17,19H2,1-3H3/t21?,25-,26?,27?,28?,29?/m1/s1. The lowest BCUT2D eigenvalue weighted by molar-refractivity contribution is -0.144. The number of Topliss-reactive ketones (excluding diaryl/α,β-unsaturated/α-hetero) is 1. The first kappa shape index (κ1) is 24.8. The van der Waals surface area contributed by atoms with Gasteiger partial charge >= 0.3 is 0 Å². The van der Waals surface area contributed by atoms with Gasteiger partial charge in [0, 0.05) is 25.5 Å². The maximum Gasteiger partial charge on any atom is 0.133 e. The van der Waals surface area contributed by atoms with E-state index in [1.54, 1.807) is 0 Å². The summed E-state index contributed by atoms with van der Waals surface area (Å²) in [5.74, 6) is 2.18. The molecule has 3 aliphatic carbocycles. The van der Waals surface area contributed by atoms with Crippen molar-refractivity contribution in [2.75, 3.05) is 6.61 Å². The molecular weight excluding hydrogens is 418 g/mol. The van der Waals surface area contributed by atoms with Gasteiger partial charge in [0.25, 0.3) is 0 Å². The molecule has 4 rings (SSSR count). The van der Waals surface area contributed by atoms with Gasteiger partial charge in [-0.2, -0.15) is 0 Å². The van der Waals surface area contributed by atoms with Crippen molar-refractivity contribution in [1.29, 1.82) is 0 Å². The molecule has 0 saturated heterocycles. The average Bonchev–Trinajstić information content (AvgIpc) is 2.78. The second kappa shape index (κ2) is 10.1. The van der Waals surface area contributed by atoms with E-state index in [0.29, 0.717) is 35.2 Å². The van der Waals surface area contributed by atoms with Crippen molar-refractivity contribution in [3.05, 3.63) is 35.4 Å². The van der Waals surface area contributed by atoms with Crippen molar-refractivity contribution in [3.63, 3.8) is 0 Å². The lowest BCUT2D eigenvalue weighted by Crippen LogP contribution is -2.54. The van der Waals surface area contributed by atoms with Crippen LogP contribution < -0.4 is 0 Å². The van der Waals surface area contributed by atoms with E-state index in [4.69, 9.17) is 4.74 Å². The van der Waals surface area contributed by atoms with Gasteiger partial charge in [0.15, 0.2) is 0 Å². The predicted molar refractivity (Wildman–Crippen MR) is 128 cm³/mol. The van der Waals surface area contributed by atoms with Crippen LogP contribution in [-0.4, -0.2) is 12.4 Å². The first-order valence-electron chi connectivity index (χ1n) is 13.4. The van der Waals surface area contributed by atoms with Gasteiger partial charge in [0.05, 0.1) is 6.61 Å². The van der Waals surface area contributed by atoms with E-state index in [1.807, 2.05) is 0 Å². The number of halogens is 2. The fourth-order valence-corrected chi connectivity index (χ4v) is 8.25. The Kier molecular flexibility index (Phi) is 7.63. The Morgan fingerprint density at radius 1 is 1.06 bits per heavy atom. The smallest absolute Gasteiger partial charge is 0.133 e. The van der Waals surface area contributed by atoms with Gasteiger partial charge < -0.3 is 4.74 Å². The summed E-state index contributed by atoms with van der Waals surface area (Å²) in [6.45, 7) is 8.05. The predicted octanol–water partition coefficient (Wildman–Crippen LogP) is 7.88. The molecule has 0 amide bonds. The highest BCUT2D eigenvalue weighted by Gasteiger charge is 2.57. The number of fused-ring (bicyclic) bond motifs is 3. The van der Waals surface area contributed by atoms with Crippen LogP contribution in [0.25, 0.3) is 0 Å². The molecule has 3 aliphatic rings. The van der Waals surface area contributed by atoms with E-state index in [0.717, 1.165) is 50.0 Å². The molecule has 33 heavy (non-hydrogen) atoms. The van der Waals surface area contributed by atoms with E-state index >= 15 is 0 Å². The number of rotatable bonds is 8. The molecule has 0 bridgehead atoms. The number of benzene rings is 1. The maximum atomic E-state index is 13.5. The van der Waals surface area contributed by atoms with Gasteiger partial charge in [0.2, 0.25) is 0 Å². The molecule has 2 nitrogen and oxygen atoms in total. The van der Waals surface area contributed by atoms with Gasteiger partial charge in [-0.05, 0) is 97.1 Å². The van der Waals surface area contributed by atoms with Crippen LogP contribution in [0.3, 0.4) is 0 Å². The quantitative estimate of drug-likeness (QED) is 0.369. The highest BCUT2D eigenvalue weighted by atomic mass is 19.1. The van der Waals surface area contributed by atoms with Crippen LogP contribution in [0.4, 0.5) is 8.78 Å². The Bertz CT molecular complexity index is 819. The normalized spacial score (nSPS) is 36.3. The molecule has 3 saturated carbocycles. The summed E-state index contributed by atoms with van der Waals surface area (Å²) in [7, 11) is 0. The summed E-state index contributed by atoms with van der Waals surface area (Å²) >= 11 is 0. The molecular formula is C29H42F2O2. The summed E-state index contributed by atoms with van der Waals surface area (Å²) in [6.07, 6.45) is 12.3. The van der Waals surface area contributed by atoms with Crippen LogP contribution in [0.15, 0.2) is 18.2 Å². The second-order valence-corrected chi connectivity index (χ2v) is 11.5. The summed E-state index contributed by atoms with van der Waals surface area (Å²) in [4.78, 5) is 12.2. The van der Waals surface area contributed by atoms with Crippen LogP contribution in [0.1, 0.15) is 97.0 Å². The first-order valence-corrected chi connectivity index (χ1v) is 13.4. The third kappa shape index (κ3) is 4.92. The van der Waals surface area contributed by atoms with E-state index in [9.17, 15) is 13.6 Å². The number of ether oxygens (including phenoxy) is 1. The Hall–Kier alpha value is -1.29. The summed E-state index contributed by atoms with van der Waals surface area (Å²) < 4.78 is 33.0. The molecule has 5 unspecified atom stereocenters. The highest BCUT2D eigenvalue weighted by molar-refractivity contribution is 5.79. The van der Waals surface area contributed by atoms with Crippen LogP contribution in [0, 0.1) is 46.1 Å². The lowest BCUT2D eigenvalue weighted by atomic mass is 9.43. The average molecular weight is 461 g/mol. The zero-order valence-electron chi connectivity index (χ0n) is 20.8. The number of carbonyl (C=O) groups is 1. The Balaban J connectivity index is 1.45. The minimum atomic E-state index is -0.548. The van der Waals surface area contributed by atoms with Crippen molar-refractivity contribution < 1.29 is 18.3 Å². The molecule has 3 fully saturated rings. The van der Waals surface area contributed by atoms with Crippen molar-refractivity contribution in [2.24, 2.45) is 34.5 Å². The van der Waals surface area contributed by atoms with E-state index in [2.05, 4.69) is 20.8 Å². The lowest BCUT2D eigenvalue weighted by Gasteiger charge is -2.61. The van der Waals surface area contributed by atoms with E-state index in [1.165, 1.54) is 50.7 Å². The van der Waals surface area contributed by atoms with Gasteiger partial charge in [0.1, 0.15) is 17.4 Å². The number of ketones is 1. The number of carbonyl (C=O) groups excluding carboxylic acids is 1. The molecule has 0 heterocycles. The van der Waals surface area contributed by atoms with Crippen LogP contribution in [-0.2, 0) is 16.1 Å². The third-order valence-corrected chi connectivity index (χ3v) is 10.1. The van der Waals surface area contributed by atoms with Crippen LogP contribution in [0.5, 0.6) is 0 Å². The zero-order chi connectivity index (χ0) is 23.6. The number of hydrogen-bond acceptors (Lipinski definition) is 2. The third-order valence-electron chi connectivity index (χ3n) is 10.1. The fraction of sp³-hybridized carbons (Fsp3) is 0.759. The molecule has 0 aliphatic heterocycles. The molecule has 0 aromatic heterocycles. The van der Waals surface area contributed by atoms with Crippen molar-refractivity contribution in [2.45, 2.75) is 98.0 Å². The van der Waals surface area contributed by atoms with E-state index < -0.39 is 11.6 Å². The van der Waals surface area contributed by atoms with Gasteiger partial charge in [-0.3, -0.25) is 4.79 Å². The van der Waals surface area contributed by atoms with Gasteiger partial charge in [-0.25, -0.2) is 8.78 Å². The zero-order valence-corrected chi connectivity index (χ0v) is 20.8. The molecule has 0 radical (unpaired) electrons. The van der Waals surface area contributed by atoms with Crippen LogP contribution in [0.2, 0.25) is 0 Å². The minimum absolute atomic E-state index is 0.257. The minimum Gasteiger partial charge on any atom is -0.377 e. The van der Waals surface area contributed by atoms with Gasteiger partial charge in [-0.1, -0.05) is 33.6 Å². The largest absolute Gasteiger partial charge is 0.377 e. The topological polar surface area (TPSA) is 26.3 Å². The second-order valence-electron chi connectivity index (χ2n) is 11.5. The molecule has 1 aromatic carbocycles. The van der Waals surface area contributed by atoms with Crippen LogP contribution >= 0.6 is 0 Å². The van der Waals surface area contributed by atoms with Crippen molar-refractivity contribution in [1.82, 2.24) is 0 Å². The van der Waals surface area contributed by atoms with Crippen molar-refractivity contribution >= 4 is 5.78 Å². The summed E-state index contributed by atoms with van der Waals surface area (Å²) in [5.41, 5.74) is 1.18. The molecule has 1 aromatic rings. The summed E-state index contributed by atoms with van der Waals surface area (Å²) in [5, 5.41) is 0. The SMILES string of the molecule is CCCC1[C@@H]2CCC3CC(=O)CCC3(C)C2CCC1(CC)CCOCc1cc(F)cc(F)c1. The Morgan fingerprint density at radius 2 is 1.82 bits per heavy atom. The fourth-order valence-electron chi connectivity index (χ4n) is 8.25. The molecule has 4 heteroatoms. The molecule has 0 N–H and O–H groups in total. The summed E-state index contributed by atoms with van der Waals surface area (Å²) in [6, 6.07) is 3.62. The maximum absolute atomic E-state index is 13.5. The molecule has 0 spiro atoms. The van der Waals surface area contributed by atoms with E-state index in [-0.39, 0.29) is 12.0 Å². The number of hydrogen-bond donors (Lipinski definition) is 0. The highest BCUT2D eigenvalue weighted by Crippen LogP contribution is 2.64. The Morgan fingerprint density at radius 3 is 2.52 bits per heavy atom. The van der Waals surface area contributed by atoms with Crippen molar-refractivity contribution in [3.8, 4) is 0 Å². The molecule has 184 valence electrons. The first-order chi connectivity index (χ1) is 15.8. The Labute approximate surface area is 198 Å². The molecule has 6 atom stereocenters. The monoisotopic (exact) mass is 460 g/mol.